The summed E-state index contributed by atoms with van der Waals surface area (Å²) in [5.74, 6) is 1.04. The van der Waals surface area contributed by atoms with Crippen molar-refractivity contribution in [2.45, 2.75) is 19.3 Å². The molecule has 0 aliphatic carbocycles. The third-order valence-corrected chi connectivity index (χ3v) is 5.06. The quantitative estimate of drug-likeness (QED) is 0.659. The van der Waals surface area contributed by atoms with E-state index in [1.54, 1.807) is 36.4 Å². The van der Waals surface area contributed by atoms with E-state index in [4.69, 9.17) is 4.74 Å². The Kier molecular flexibility index (Phi) is 5.11. The number of carbonyl (C=O) groups excluding carboxylic acids is 1. The predicted molar refractivity (Wildman–Crippen MR) is 101 cm³/mol. The molecule has 3 aromatic rings. The average Bonchev–Trinajstić information content (AvgIpc) is 3.36. The molecule has 0 bridgehead atoms. The molecule has 1 aliphatic heterocycles. The fourth-order valence-electron chi connectivity index (χ4n) is 3.01. The molecule has 4 rings (SSSR count). The normalized spacial score (nSPS) is 13.7. The highest BCUT2D eigenvalue weighted by Gasteiger charge is 2.19. The highest BCUT2D eigenvalue weighted by atomic mass is 32.1. The fraction of sp³-hybridized carbons (Fsp3) is 0.250. The highest BCUT2D eigenvalue weighted by molar-refractivity contribution is 7.07. The van der Waals surface area contributed by atoms with Crippen molar-refractivity contribution in [1.82, 2.24) is 14.3 Å². The molecule has 0 spiro atoms. The lowest BCUT2D eigenvalue weighted by molar-refractivity contribution is 0.0793. The first-order chi connectivity index (χ1) is 13.2. The zero-order chi connectivity index (χ0) is 18.6. The SMILES string of the molecule is O=C(c1ccc(Oc2nc(Cc3ccc(F)cc3)ns2)cc1)N1CCCC1. The number of amides is 1. The number of ether oxygens (including phenoxy) is 1. The summed E-state index contributed by atoms with van der Waals surface area (Å²) >= 11 is 1.17. The zero-order valence-corrected chi connectivity index (χ0v) is 15.4. The second-order valence-electron chi connectivity index (χ2n) is 6.41. The minimum atomic E-state index is -0.263. The van der Waals surface area contributed by atoms with Crippen LogP contribution in [0.4, 0.5) is 4.39 Å². The van der Waals surface area contributed by atoms with E-state index in [0.29, 0.717) is 28.8 Å². The van der Waals surface area contributed by atoms with E-state index < -0.39 is 0 Å². The average molecular weight is 383 g/mol. The summed E-state index contributed by atoms with van der Waals surface area (Å²) in [4.78, 5) is 18.6. The molecule has 2 heterocycles. The molecule has 0 radical (unpaired) electrons. The van der Waals surface area contributed by atoms with Crippen LogP contribution in [0.5, 0.6) is 10.9 Å². The predicted octanol–water partition coefficient (Wildman–Crippen LogP) is 4.30. The first kappa shape index (κ1) is 17.6. The lowest BCUT2D eigenvalue weighted by Gasteiger charge is -2.15. The van der Waals surface area contributed by atoms with Crippen LogP contribution in [0.2, 0.25) is 0 Å². The molecule has 0 N–H and O–H groups in total. The van der Waals surface area contributed by atoms with Crippen LogP contribution < -0.4 is 4.74 Å². The number of nitrogens with zero attached hydrogens (tertiary/aromatic N) is 3. The lowest BCUT2D eigenvalue weighted by Crippen LogP contribution is -2.27. The van der Waals surface area contributed by atoms with Crippen molar-refractivity contribution < 1.29 is 13.9 Å². The number of benzene rings is 2. The number of hydrogen-bond acceptors (Lipinski definition) is 5. The van der Waals surface area contributed by atoms with Gasteiger partial charge in [-0.3, -0.25) is 4.79 Å². The minimum Gasteiger partial charge on any atom is -0.430 e. The lowest BCUT2D eigenvalue weighted by atomic mass is 10.1. The standard InChI is InChI=1S/C20H18FN3O2S/c21-16-7-3-14(4-8-16)13-18-22-20(27-23-18)26-17-9-5-15(6-10-17)19(25)24-11-1-2-12-24/h3-10H,1-2,11-13H2. The van der Waals surface area contributed by atoms with Crippen LogP contribution in [-0.4, -0.2) is 33.3 Å². The van der Waals surface area contributed by atoms with Crippen LogP contribution in [0.25, 0.3) is 0 Å². The Bertz CT molecular complexity index is 919. The molecule has 1 aliphatic rings. The van der Waals surface area contributed by atoms with E-state index in [1.807, 2.05) is 4.90 Å². The molecular weight excluding hydrogens is 365 g/mol. The monoisotopic (exact) mass is 383 g/mol. The summed E-state index contributed by atoms with van der Waals surface area (Å²) in [6.07, 6.45) is 2.66. The summed E-state index contributed by atoms with van der Waals surface area (Å²) in [6.45, 7) is 1.66. The van der Waals surface area contributed by atoms with Crippen LogP contribution in [0.15, 0.2) is 48.5 Å². The van der Waals surface area contributed by atoms with E-state index in [2.05, 4.69) is 9.36 Å². The number of halogens is 1. The van der Waals surface area contributed by atoms with Crippen LogP contribution >= 0.6 is 11.5 Å². The van der Waals surface area contributed by atoms with Gasteiger partial charge >= 0.3 is 0 Å². The molecule has 7 heteroatoms. The Balaban J connectivity index is 1.38. The molecular formula is C20H18FN3O2S. The maximum Gasteiger partial charge on any atom is 0.298 e. The number of hydrogen-bond donors (Lipinski definition) is 0. The Labute approximate surface area is 160 Å². The Morgan fingerprint density at radius 3 is 2.48 bits per heavy atom. The van der Waals surface area contributed by atoms with Gasteiger partial charge in [-0.1, -0.05) is 12.1 Å². The number of rotatable bonds is 5. The van der Waals surface area contributed by atoms with Gasteiger partial charge in [0.25, 0.3) is 11.1 Å². The van der Waals surface area contributed by atoms with Gasteiger partial charge in [0.2, 0.25) is 0 Å². The molecule has 0 saturated carbocycles. The van der Waals surface area contributed by atoms with Gasteiger partial charge in [0.1, 0.15) is 11.6 Å². The zero-order valence-electron chi connectivity index (χ0n) is 14.6. The maximum atomic E-state index is 13.0. The molecule has 1 amide bonds. The first-order valence-electron chi connectivity index (χ1n) is 8.81. The summed E-state index contributed by atoms with van der Waals surface area (Å²) in [7, 11) is 0. The van der Waals surface area contributed by atoms with E-state index in [0.717, 1.165) is 31.5 Å². The van der Waals surface area contributed by atoms with Crippen molar-refractivity contribution in [1.29, 1.82) is 0 Å². The van der Waals surface area contributed by atoms with Gasteiger partial charge in [0.05, 0.1) is 0 Å². The largest absolute Gasteiger partial charge is 0.430 e. The summed E-state index contributed by atoms with van der Waals surface area (Å²) in [6, 6.07) is 13.4. The van der Waals surface area contributed by atoms with E-state index in [1.165, 1.54) is 23.7 Å². The highest BCUT2D eigenvalue weighted by Crippen LogP contribution is 2.25. The van der Waals surface area contributed by atoms with E-state index in [-0.39, 0.29) is 11.7 Å². The van der Waals surface area contributed by atoms with Crippen LogP contribution in [-0.2, 0) is 6.42 Å². The van der Waals surface area contributed by atoms with Crippen molar-refractivity contribution in [2.75, 3.05) is 13.1 Å². The molecule has 5 nitrogen and oxygen atoms in total. The third-order valence-electron chi connectivity index (χ3n) is 4.42. The second kappa shape index (κ2) is 7.84. The molecule has 27 heavy (non-hydrogen) atoms. The maximum absolute atomic E-state index is 13.0. The molecule has 1 aromatic heterocycles. The Hall–Kier alpha value is -2.80. The Morgan fingerprint density at radius 1 is 1.07 bits per heavy atom. The van der Waals surface area contributed by atoms with Gasteiger partial charge in [-0.05, 0) is 54.8 Å². The van der Waals surface area contributed by atoms with Crippen molar-refractivity contribution in [3.8, 4) is 10.9 Å². The van der Waals surface area contributed by atoms with Gasteiger partial charge in [0.15, 0.2) is 5.82 Å². The van der Waals surface area contributed by atoms with Crippen LogP contribution in [0.1, 0.15) is 34.6 Å². The second-order valence-corrected chi connectivity index (χ2v) is 7.12. The molecule has 138 valence electrons. The number of likely N-dealkylation sites (tertiary alicyclic amines) is 1. The third kappa shape index (κ3) is 4.31. The molecule has 1 fully saturated rings. The minimum absolute atomic E-state index is 0.0662. The fourth-order valence-corrected chi connectivity index (χ4v) is 3.57. The van der Waals surface area contributed by atoms with Crippen LogP contribution in [0.3, 0.4) is 0 Å². The summed E-state index contributed by atoms with van der Waals surface area (Å²) < 4.78 is 23.0. The molecule has 0 unspecified atom stereocenters. The molecule has 2 aromatic carbocycles. The van der Waals surface area contributed by atoms with Gasteiger partial charge in [-0.25, -0.2) is 4.39 Å². The van der Waals surface area contributed by atoms with E-state index in [9.17, 15) is 9.18 Å². The van der Waals surface area contributed by atoms with Crippen molar-refractivity contribution in [3.05, 3.63) is 71.3 Å². The van der Waals surface area contributed by atoms with Crippen LogP contribution in [0, 0.1) is 5.82 Å². The topological polar surface area (TPSA) is 55.3 Å². The van der Waals surface area contributed by atoms with Gasteiger partial charge in [0, 0.05) is 36.6 Å². The van der Waals surface area contributed by atoms with Gasteiger partial charge < -0.3 is 9.64 Å². The van der Waals surface area contributed by atoms with Gasteiger partial charge in [-0.15, -0.1) is 0 Å². The smallest absolute Gasteiger partial charge is 0.298 e. The summed E-state index contributed by atoms with van der Waals surface area (Å²) in [5, 5.41) is 0.436. The molecule has 0 atom stereocenters. The van der Waals surface area contributed by atoms with Crippen molar-refractivity contribution >= 4 is 17.4 Å². The summed E-state index contributed by atoms with van der Waals surface area (Å²) in [5.41, 5.74) is 1.60. The van der Waals surface area contributed by atoms with Crippen molar-refractivity contribution in [2.24, 2.45) is 0 Å². The number of aromatic nitrogens is 2. The van der Waals surface area contributed by atoms with E-state index >= 15 is 0 Å². The number of carbonyl (C=O) groups is 1. The molecule has 1 saturated heterocycles. The van der Waals surface area contributed by atoms with Gasteiger partial charge in [-0.2, -0.15) is 9.36 Å². The first-order valence-corrected chi connectivity index (χ1v) is 9.59. The van der Waals surface area contributed by atoms with Crippen molar-refractivity contribution in [3.63, 3.8) is 0 Å². The Morgan fingerprint density at radius 2 is 1.78 bits per heavy atom.